The van der Waals surface area contributed by atoms with Crippen molar-refractivity contribution >= 4 is 23.6 Å². The summed E-state index contributed by atoms with van der Waals surface area (Å²) in [5, 5.41) is -0.403. The van der Waals surface area contributed by atoms with Gasteiger partial charge in [-0.05, 0) is 45.2 Å². The van der Waals surface area contributed by atoms with E-state index in [-0.39, 0.29) is 53.6 Å². The van der Waals surface area contributed by atoms with Gasteiger partial charge in [-0.3, -0.25) is 4.79 Å². The van der Waals surface area contributed by atoms with Crippen molar-refractivity contribution in [3.63, 3.8) is 0 Å². The van der Waals surface area contributed by atoms with Crippen molar-refractivity contribution < 1.29 is 37.3 Å². The summed E-state index contributed by atoms with van der Waals surface area (Å²) in [6.45, 7) is 6.04. The number of fused-ring (bicyclic) bond motifs is 2. The molecule has 2 amide bonds. The van der Waals surface area contributed by atoms with Crippen molar-refractivity contribution in [2.75, 3.05) is 19.8 Å². The van der Waals surface area contributed by atoms with Gasteiger partial charge in [0.2, 0.25) is 5.91 Å². The third kappa shape index (κ3) is 4.91. The SMILES string of the molecule is CC(C)(C)OC(=O)N1CCC[C@H]1[C@@]1(c2ccccc2)Cc2c(cc(F)c(Cl)c2-c2c(C(N)=O)cc3c(c2F)OCCO3)O1. The summed E-state index contributed by atoms with van der Waals surface area (Å²) in [5.74, 6) is -2.88. The molecule has 1 fully saturated rings. The van der Waals surface area contributed by atoms with E-state index in [0.717, 1.165) is 11.6 Å². The van der Waals surface area contributed by atoms with Gasteiger partial charge in [0.05, 0.1) is 16.6 Å². The van der Waals surface area contributed by atoms with Crippen LogP contribution >= 0.6 is 11.6 Å². The van der Waals surface area contributed by atoms with E-state index in [0.29, 0.717) is 24.9 Å². The Labute approximate surface area is 252 Å². The summed E-state index contributed by atoms with van der Waals surface area (Å²) in [5.41, 5.74) is 4.24. The summed E-state index contributed by atoms with van der Waals surface area (Å²) in [4.78, 5) is 27.7. The van der Waals surface area contributed by atoms with Crippen molar-refractivity contribution in [1.29, 1.82) is 0 Å². The Balaban J connectivity index is 1.55. The number of hydrogen-bond acceptors (Lipinski definition) is 6. The number of carbonyl (C=O) groups excluding carboxylic acids is 2. The van der Waals surface area contributed by atoms with Gasteiger partial charge in [-0.15, -0.1) is 0 Å². The lowest BCUT2D eigenvalue weighted by Gasteiger charge is -2.40. The number of hydrogen-bond donors (Lipinski definition) is 1. The van der Waals surface area contributed by atoms with E-state index in [2.05, 4.69) is 0 Å². The van der Waals surface area contributed by atoms with Gasteiger partial charge >= 0.3 is 6.09 Å². The molecule has 0 radical (unpaired) electrons. The number of primary amides is 1. The Morgan fingerprint density at radius 3 is 2.49 bits per heavy atom. The zero-order valence-corrected chi connectivity index (χ0v) is 24.7. The van der Waals surface area contributed by atoms with Crippen molar-refractivity contribution in [2.24, 2.45) is 5.73 Å². The summed E-state index contributed by atoms with van der Waals surface area (Å²) in [7, 11) is 0. The predicted octanol–water partition coefficient (Wildman–Crippen LogP) is 6.39. The highest BCUT2D eigenvalue weighted by Crippen LogP contribution is 2.54. The molecule has 3 aliphatic rings. The van der Waals surface area contributed by atoms with Gasteiger partial charge in [0.1, 0.15) is 30.4 Å². The first-order valence-electron chi connectivity index (χ1n) is 14.1. The minimum atomic E-state index is -1.21. The smallest absolute Gasteiger partial charge is 0.410 e. The van der Waals surface area contributed by atoms with Crippen LogP contribution in [0.25, 0.3) is 11.1 Å². The van der Waals surface area contributed by atoms with Gasteiger partial charge in [0, 0.05) is 35.7 Å². The third-order valence-electron chi connectivity index (χ3n) is 7.99. The number of ether oxygens (including phenoxy) is 4. The molecule has 6 rings (SSSR count). The number of halogens is 3. The molecule has 0 aliphatic carbocycles. The molecule has 0 unspecified atom stereocenters. The number of amides is 2. The van der Waals surface area contributed by atoms with Crippen LogP contribution in [0, 0.1) is 11.6 Å². The summed E-state index contributed by atoms with van der Waals surface area (Å²) >= 11 is 6.59. The van der Waals surface area contributed by atoms with E-state index in [9.17, 15) is 9.59 Å². The number of carbonyl (C=O) groups is 2. The second-order valence-corrected chi connectivity index (χ2v) is 12.3. The molecule has 3 aromatic carbocycles. The van der Waals surface area contributed by atoms with E-state index >= 15 is 8.78 Å². The summed E-state index contributed by atoms with van der Waals surface area (Å²) in [6.07, 6.45) is 0.835. The predicted molar refractivity (Wildman–Crippen MR) is 155 cm³/mol. The van der Waals surface area contributed by atoms with Crippen LogP contribution in [0.5, 0.6) is 17.2 Å². The van der Waals surface area contributed by atoms with E-state index < -0.39 is 45.9 Å². The molecule has 0 bridgehead atoms. The molecule has 2 atom stereocenters. The van der Waals surface area contributed by atoms with Gasteiger partial charge in [-0.25, -0.2) is 13.6 Å². The second-order valence-electron chi connectivity index (χ2n) is 11.9. The minimum absolute atomic E-state index is 0.0133. The highest BCUT2D eigenvalue weighted by Gasteiger charge is 2.54. The van der Waals surface area contributed by atoms with E-state index in [1.54, 1.807) is 25.7 Å². The van der Waals surface area contributed by atoms with Crippen LogP contribution in [0.15, 0.2) is 42.5 Å². The normalized spacial score (nSPS) is 20.9. The summed E-state index contributed by atoms with van der Waals surface area (Å²) in [6, 6.07) is 11.2. The Bertz CT molecular complexity index is 1630. The molecular formula is C32H31ClF2N2O6. The zero-order chi connectivity index (χ0) is 30.7. The van der Waals surface area contributed by atoms with Gasteiger partial charge in [-0.1, -0.05) is 41.9 Å². The number of rotatable bonds is 4. The molecule has 0 aromatic heterocycles. The fraction of sp³-hybridized carbons (Fsp3) is 0.375. The summed E-state index contributed by atoms with van der Waals surface area (Å²) < 4.78 is 55.3. The molecule has 1 saturated heterocycles. The van der Waals surface area contributed by atoms with Crippen LogP contribution in [0.2, 0.25) is 5.02 Å². The zero-order valence-electron chi connectivity index (χ0n) is 24.0. The van der Waals surface area contributed by atoms with E-state index in [1.165, 1.54) is 6.07 Å². The molecule has 2 N–H and O–H groups in total. The van der Waals surface area contributed by atoms with Gasteiger partial charge in [-0.2, -0.15) is 0 Å². The number of benzene rings is 3. The van der Waals surface area contributed by atoms with Crippen LogP contribution in [0.4, 0.5) is 13.6 Å². The van der Waals surface area contributed by atoms with Gasteiger partial charge < -0.3 is 29.6 Å². The second kappa shape index (κ2) is 10.6. The first-order chi connectivity index (χ1) is 20.4. The standard InChI is InChI=1S/C32H31ClF2N2O6/c1-31(2,3)43-30(39)37-11-7-10-23(37)32(17-8-5-4-6-9-17)16-19-21(42-32)15-20(34)26(33)24(19)25-18(29(36)38)14-22-28(27(25)35)41-13-12-40-22/h4-6,8-9,14-15,23H,7,10-13,16H2,1-3H3,(H2,36,38)/t23-,32-/m0/s1. The number of likely N-dealkylation sites (tertiary alicyclic amines) is 1. The van der Waals surface area contributed by atoms with Crippen LogP contribution in [-0.4, -0.2) is 48.3 Å². The first kappa shape index (κ1) is 29.0. The number of nitrogens with two attached hydrogens (primary N) is 1. The van der Waals surface area contributed by atoms with Crippen molar-refractivity contribution in [1.82, 2.24) is 4.90 Å². The average Bonchev–Trinajstić information content (AvgIpc) is 3.60. The lowest BCUT2D eigenvalue weighted by atomic mass is 9.79. The third-order valence-corrected chi connectivity index (χ3v) is 8.36. The fourth-order valence-corrected chi connectivity index (χ4v) is 6.56. The van der Waals surface area contributed by atoms with Crippen molar-refractivity contribution in [3.05, 3.63) is 75.8 Å². The number of nitrogens with zero attached hydrogens (tertiary/aromatic N) is 1. The Kier molecular flexibility index (Phi) is 7.15. The molecule has 226 valence electrons. The van der Waals surface area contributed by atoms with Gasteiger partial charge in [0.15, 0.2) is 22.9 Å². The van der Waals surface area contributed by atoms with Crippen LogP contribution < -0.4 is 19.9 Å². The van der Waals surface area contributed by atoms with Crippen LogP contribution in [0.1, 0.15) is 55.1 Å². The maximum absolute atomic E-state index is 16.3. The van der Waals surface area contributed by atoms with E-state index in [1.807, 2.05) is 30.3 Å². The highest BCUT2D eigenvalue weighted by atomic mass is 35.5. The fourth-order valence-electron chi connectivity index (χ4n) is 6.30. The molecule has 3 heterocycles. The molecule has 8 nitrogen and oxygen atoms in total. The monoisotopic (exact) mass is 612 g/mol. The molecule has 11 heteroatoms. The molecule has 3 aromatic rings. The largest absolute Gasteiger partial charge is 0.486 e. The van der Waals surface area contributed by atoms with Crippen LogP contribution in [-0.2, 0) is 16.8 Å². The Morgan fingerprint density at radius 2 is 1.79 bits per heavy atom. The molecule has 0 saturated carbocycles. The Morgan fingerprint density at radius 1 is 1.07 bits per heavy atom. The van der Waals surface area contributed by atoms with E-state index in [4.69, 9.17) is 36.3 Å². The van der Waals surface area contributed by atoms with Crippen molar-refractivity contribution in [2.45, 2.75) is 57.3 Å². The lowest BCUT2D eigenvalue weighted by Crippen LogP contribution is -2.53. The van der Waals surface area contributed by atoms with Gasteiger partial charge in [0.25, 0.3) is 0 Å². The Hall–Kier alpha value is -4.05. The average molecular weight is 613 g/mol. The maximum atomic E-state index is 16.3. The van der Waals surface area contributed by atoms with Crippen LogP contribution in [0.3, 0.4) is 0 Å². The van der Waals surface area contributed by atoms with Crippen molar-refractivity contribution in [3.8, 4) is 28.4 Å². The molecule has 43 heavy (non-hydrogen) atoms. The molecule has 3 aliphatic heterocycles. The topological polar surface area (TPSA) is 100 Å². The molecule has 0 spiro atoms. The first-order valence-corrected chi connectivity index (χ1v) is 14.5. The quantitative estimate of drug-likeness (QED) is 0.367. The lowest BCUT2D eigenvalue weighted by molar-refractivity contribution is -0.0216. The minimum Gasteiger partial charge on any atom is -0.486 e. The highest BCUT2D eigenvalue weighted by molar-refractivity contribution is 6.34. The molecular weight excluding hydrogens is 582 g/mol. The maximum Gasteiger partial charge on any atom is 0.410 e.